The van der Waals surface area contributed by atoms with Crippen LogP contribution in [-0.2, 0) is 22.7 Å². The van der Waals surface area contributed by atoms with E-state index in [2.05, 4.69) is 6.07 Å². The Kier molecular flexibility index (Phi) is 1.43. The summed E-state index contributed by atoms with van der Waals surface area (Å²) in [4.78, 5) is 0. The summed E-state index contributed by atoms with van der Waals surface area (Å²) in [5.41, 5.74) is 2.35. The summed E-state index contributed by atoms with van der Waals surface area (Å²) in [5.74, 6) is 1.43. The van der Waals surface area contributed by atoms with Gasteiger partial charge in [0.25, 0.3) is 0 Å². The van der Waals surface area contributed by atoms with Crippen LogP contribution in [0.5, 0.6) is 0 Å². The van der Waals surface area contributed by atoms with Crippen molar-refractivity contribution in [3.05, 3.63) is 35.4 Å². The number of hydrogen-bond acceptors (Lipinski definition) is 1. The molecule has 1 radical (unpaired) electrons. The van der Waals surface area contributed by atoms with Crippen molar-refractivity contribution >= 4 is 11.2 Å². The van der Waals surface area contributed by atoms with Crippen LogP contribution in [0.3, 0.4) is 0 Å². The first-order valence-electron chi connectivity index (χ1n) is 3.20. The molecule has 0 saturated heterocycles. The zero-order valence-electron chi connectivity index (χ0n) is 5.46. The maximum absolute atomic E-state index is 11.0. The smallest absolute Gasteiger partial charge is 0.132 e. The molecule has 1 heterocycles. The minimum absolute atomic E-state index is 0.651. The topological polar surface area (TPSA) is 23.1 Å². The molecule has 0 aliphatic carbocycles. The number of rotatable bonds is 0. The molecule has 0 saturated carbocycles. The summed E-state index contributed by atoms with van der Waals surface area (Å²) in [6.07, 6.45) is 0. The van der Waals surface area contributed by atoms with Gasteiger partial charge in [0.05, 0.1) is 0 Å². The molecule has 1 atom stereocenters. The maximum Gasteiger partial charge on any atom is 0.132 e. The van der Waals surface area contributed by atoms with Crippen LogP contribution in [0.2, 0.25) is 0 Å². The Morgan fingerprint density at radius 2 is 2.40 bits per heavy atom. The molecule has 0 fully saturated rings. The molecule has 1 aromatic carbocycles. The van der Waals surface area contributed by atoms with Crippen molar-refractivity contribution in [1.82, 2.24) is 0 Å². The molecule has 1 aliphatic heterocycles. The normalized spacial score (nSPS) is 17.3. The third-order valence-corrected chi connectivity index (χ3v) is 2.90. The Balaban J connectivity index is 2.42. The summed E-state index contributed by atoms with van der Waals surface area (Å²) >= 11 is -0.651. The fraction of sp³-hybridized carbons (Fsp3) is 0.250. The van der Waals surface area contributed by atoms with Gasteiger partial charge in [0.15, 0.2) is 0 Å². The SMILES string of the molecule is [O-][S+]1Cc2[c]cccc2C1. The van der Waals surface area contributed by atoms with E-state index >= 15 is 0 Å². The van der Waals surface area contributed by atoms with Gasteiger partial charge in [-0.1, -0.05) is 18.2 Å². The van der Waals surface area contributed by atoms with Crippen molar-refractivity contribution in [2.45, 2.75) is 11.5 Å². The third-order valence-electron chi connectivity index (χ3n) is 1.66. The first-order chi connectivity index (χ1) is 4.86. The van der Waals surface area contributed by atoms with Crippen molar-refractivity contribution in [2.75, 3.05) is 0 Å². The lowest BCUT2D eigenvalue weighted by molar-refractivity contribution is 0.597. The van der Waals surface area contributed by atoms with Gasteiger partial charge in [-0.3, -0.25) is 0 Å². The minimum atomic E-state index is -0.651. The van der Waals surface area contributed by atoms with Crippen molar-refractivity contribution in [3.8, 4) is 0 Å². The fourth-order valence-corrected chi connectivity index (χ4v) is 2.47. The molecule has 0 aromatic heterocycles. The van der Waals surface area contributed by atoms with Crippen molar-refractivity contribution in [2.24, 2.45) is 0 Å². The highest BCUT2D eigenvalue weighted by atomic mass is 32.2. The lowest BCUT2D eigenvalue weighted by Crippen LogP contribution is -1.95. The van der Waals surface area contributed by atoms with Gasteiger partial charge in [0.2, 0.25) is 0 Å². The zero-order valence-corrected chi connectivity index (χ0v) is 6.28. The quantitative estimate of drug-likeness (QED) is 0.512. The van der Waals surface area contributed by atoms with Gasteiger partial charge in [-0.25, -0.2) is 0 Å². The first-order valence-corrected chi connectivity index (χ1v) is 4.68. The van der Waals surface area contributed by atoms with E-state index in [1.54, 1.807) is 0 Å². The lowest BCUT2D eigenvalue weighted by Gasteiger charge is -1.97. The van der Waals surface area contributed by atoms with E-state index in [9.17, 15) is 4.55 Å². The van der Waals surface area contributed by atoms with Gasteiger partial charge in [-0.15, -0.1) is 0 Å². The van der Waals surface area contributed by atoms with Crippen LogP contribution in [-0.4, -0.2) is 4.55 Å². The standard InChI is InChI=1S/C8H7OS/c9-10-5-7-3-1-2-4-8(7)6-10/h1-3H,5-6H2. The summed E-state index contributed by atoms with van der Waals surface area (Å²) in [5, 5.41) is 0. The van der Waals surface area contributed by atoms with Crippen LogP contribution in [0.25, 0.3) is 0 Å². The molecular weight excluding hydrogens is 144 g/mol. The highest BCUT2D eigenvalue weighted by Gasteiger charge is 2.20. The Morgan fingerprint density at radius 3 is 3.20 bits per heavy atom. The molecule has 0 bridgehead atoms. The van der Waals surface area contributed by atoms with Crippen molar-refractivity contribution in [1.29, 1.82) is 0 Å². The Bertz CT molecular complexity index is 222. The second kappa shape index (κ2) is 2.29. The van der Waals surface area contributed by atoms with E-state index in [4.69, 9.17) is 0 Å². The van der Waals surface area contributed by atoms with E-state index in [0.717, 1.165) is 11.3 Å². The van der Waals surface area contributed by atoms with E-state index in [1.165, 1.54) is 5.56 Å². The summed E-state index contributed by atoms with van der Waals surface area (Å²) < 4.78 is 11.0. The average Bonchev–Trinajstić information content (AvgIpc) is 2.27. The van der Waals surface area contributed by atoms with Crippen LogP contribution >= 0.6 is 0 Å². The maximum atomic E-state index is 11.0. The van der Waals surface area contributed by atoms with Crippen LogP contribution in [0.1, 0.15) is 11.1 Å². The zero-order chi connectivity index (χ0) is 6.97. The molecule has 0 amide bonds. The highest BCUT2D eigenvalue weighted by molar-refractivity contribution is 7.90. The molecule has 51 valence electrons. The predicted octanol–water partition coefficient (Wildman–Crippen LogP) is 1.25. The number of fused-ring (bicyclic) bond motifs is 1. The average molecular weight is 151 g/mol. The molecule has 1 aromatic rings. The van der Waals surface area contributed by atoms with E-state index in [1.807, 2.05) is 18.2 Å². The summed E-state index contributed by atoms with van der Waals surface area (Å²) in [6.45, 7) is 0. The molecule has 0 N–H and O–H groups in total. The van der Waals surface area contributed by atoms with Gasteiger partial charge in [0.1, 0.15) is 11.5 Å². The molecule has 1 unspecified atom stereocenters. The molecular formula is C8H7OS. The third kappa shape index (κ3) is 0.935. The molecule has 2 heteroatoms. The Hall–Kier alpha value is -0.470. The van der Waals surface area contributed by atoms with E-state index < -0.39 is 11.2 Å². The lowest BCUT2D eigenvalue weighted by atomic mass is 10.1. The van der Waals surface area contributed by atoms with Crippen LogP contribution in [0.15, 0.2) is 18.2 Å². The summed E-state index contributed by atoms with van der Waals surface area (Å²) in [7, 11) is 0. The van der Waals surface area contributed by atoms with Gasteiger partial charge < -0.3 is 4.55 Å². The van der Waals surface area contributed by atoms with E-state index in [-0.39, 0.29) is 0 Å². The van der Waals surface area contributed by atoms with Crippen LogP contribution in [0, 0.1) is 6.07 Å². The number of hydrogen-bond donors (Lipinski definition) is 0. The molecule has 10 heavy (non-hydrogen) atoms. The van der Waals surface area contributed by atoms with Gasteiger partial charge >= 0.3 is 0 Å². The highest BCUT2D eigenvalue weighted by Crippen LogP contribution is 2.23. The summed E-state index contributed by atoms with van der Waals surface area (Å²) in [6, 6.07) is 8.93. The second-order valence-corrected chi connectivity index (χ2v) is 3.86. The number of benzene rings is 1. The van der Waals surface area contributed by atoms with Crippen molar-refractivity contribution in [3.63, 3.8) is 0 Å². The van der Waals surface area contributed by atoms with Crippen LogP contribution < -0.4 is 0 Å². The molecule has 1 nitrogen and oxygen atoms in total. The molecule has 1 aliphatic rings. The van der Waals surface area contributed by atoms with Crippen LogP contribution in [0.4, 0.5) is 0 Å². The van der Waals surface area contributed by atoms with Gasteiger partial charge in [-0.2, -0.15) is 0 Å². The molecule has 2 rings (SSSR count). The van der Waals surface area contributed by atoms with Crippen molar-refractivity contribution < 1.29 is 4.55 Å². The monoisotopic (exact) mass is 151 g/mol. The Labute approximate surface area is 63.2 Å². The van der Waals surface area contributed by atoms with Gasteiger partial charge in [0, 0.05) is 11.1 Å². The second-order valence-electron chi connectivity index (χ2n) is 2.40. The minimum Gasteiger partial charge on any atom is -0.616 e. The van der Waals surface area contributed by atoms with E-state index in [0.29, 0.717) is 5.75 Å². The fourth-order valence-electron chi connectivity index (χ4n) is 1.16. The van der Waals surface area contributed by atoms with Gasteiger partial charge in [-0.05, 0) is 17.2 Å². The predicted molar refractivity (Wildman–Crippen MR) is 40.8 cm³/mol. The Morgan fingerprint density at radius 1 is 1.50 bits per heavy atom. The largest absolute Gasteiger partial charge is 0.616 e. The molecule has 0 spiro atoms. The first kappa shape index (κ1) is 6.25.